The van der Waals surface area contributed by atoms with Gasteiger partial charge in [-0.25, -0.2) is 4.39 Å². The molecule has 2 aliphatic rings. The molecule has 1 aromatic heterocycles. The summed E-state index contributed by atoms with van der Waals surface area (Å²) in [6.45, 7) is 4.75. The third kappa shape index (κ3) is 3.07. The van der Waals surface area contributed by atoms with Crippen LogP contribution in [0.4, 0.5) is 27.1 Å². The Kier molecular flexibility index (Phi) is 4.16. The molecule has 28 heavy (non-hydrogen) atoms. The van der Waals surface area contributed by atoms with Crippen molar-refractivity contribution in [2.75, 3.05) is 43.4 Å². The molecule has 7 heteroatoms. The second-order valence-electron chi connectivity index (χ2n) is 7.34. The number of pyridine rings is 1. The number of hydrogen-bond acceptors (Lipinski definition) is 6. The van der Waals surface area contributed by atoms with E-state index in [2.05, 4.69) is 61.6 Å². The first-order valence-electron chi connectivity index (χ1n) is 9.46. The van der Waals surface area contributed by atoms with Gasteiger partial charge in [0.25, 0.3) is 0 Å². The SMILES string of the molecule is CN1CCN(c2ccc(Nc3c4c(cc5cc(F)cnc35)N=NC4)cc2)CC1. The number of fused-ring (bicyclic) bond motifs is 2. The maximum absolute atomic E-state index is 13.6. The maximum atomic E-state index is 13.6. The van der Waals surface area contributed by atoms with Crippen LogP contribution in [-0.4, -0.2) is 43.1 Å². The molecule has 5 rings (SSSR count). The molecule has 1 N–H and O–H groups in total. The number of anilines is 3. The van der Waals surface area contributed by atoms with Crippen LogP contribution in [0, 0.1) is 5.82 Å². The molecule has 3 heterocycles. The third-order valence-electron chi connectivity index (χ3n) is 5.44. The fourth-order valence-electron chi connectivity index (χ4n) is 3.81. The lowest BCUT2D eigenvalue weighted by atomic mass is 10.1. The van der Waals surface area contributed by atoms with Crippen LogP contribution in [0.3, 0.4) is 0 Å². The summed E-state index contributed by atoms with van der Waals surface area (Å²) in [7, 11) is 2.16. The van der Waals surface area contributed by atoms with E-state index in [1.54, 1.807) is 0 Å². The van der Waals surface area contributed by atoms with Crippen molar-refractivity contribution >= 4 is 33.7 Å². The van der Waals surface area contributed by atoms with Gasteiger partial charge in [0.15, 0.2) is 0 Å². The highest BCUT2D eigenvalue weighted by Crippen LogP contribution is 2.40. The molecule has 0 amide bonds. The van der Waals surface area contributed by atoms with Gasteiger partial charge < -0.3 is 15.1 Å². The lowest BCUT2D eigenvalue weighted by Gasteiger charge is -2.34. The number of benzene rings is 2. The lowest BCUT2D eigenvalue weighted by Crippen LogP contribution is -2.44. The summed E-state index contributed by atoms with van der Waals surface area (Å²) in [6, 6.07) is 11.8. The van der Waals surface area contributed by atoms with Crippen LogP contribution >= 0.6 is 0 Å². The summed E-state index contributed by atoms with van der Waals surface area (Å²) in [5.74, 6) is -0.357. The standard InChI is InChI=1S/C21H21FN6/c1-27-6-8-28(9-7-27)17-4-2-16(3-5-17)25-21-18-13-24-26-19(18)11-14-10-15(22)12-23-20(14)21/h2-5,10-12,25H,6-9,13H2,1H3. The Balaban J connectivity index is 1.46. The first-order chi connectivity index (χ1) is 13.7. The second-order valence-corrected chi connectivity index (χ2v) is 7.34. The number of likely N-dealkylation sites (N-methyl/N-ethyl adjacent to an activating group) is 1. The Morgan fingerprint density at radius 3 is 2.61 bits per heavy atom. The Labute approximate surface area is 162 Å². The average molecular weight is 376 g/mol. The van der Waals surface area contributed by atoms with E-state index in [0.717, 1.165) is 59.7 Å². The largest absolute Gasteiger partial charge is 0.369 e. The minimum Gasteiger partial charge on any atom is -0.369 e. The first-order valence-corrected chi connectivity index (χ1v) is 9.46. The zero-order chi connectivity index (χ0) is 19.1. The number of nitrogens with zero attached hydrogens (tertiary/aromatic N) is 5. The topological polar surface area (TPSA) is 56.1 Å². The number of azo groups is 1. The van der Waals surface area contributed by atoms with Gasteiger partial charge >= 0.3 is 0 Å². The monoisotopic (exact) mass is 376 g/mol. The van der Waals surface area contributed by atoms with E-state index in [0.29, 0.717) is 6.54 Å². The van der Waals surface area contributed by atoms with Gasteiger partial charge in [0.2, 0.25) is 0 Å². The average Bonchev–Trinajstić information content (AvgIpc) is 3.17. The van der Waals surface area contributed by atoms with E-state index in [9.17, 15) is 4.39 Å². The molecule has 1 saturated heterocycles. The number of nitrogens with one attached hydrogen (secondary N) is 1. The van der Waals surface area contributed by atoms with Crippen molar-refractivity contribution < 1.29 is 4.39 Å². The van der Waals surface area contributed by atoms with Crippen molar-refractivity contribution in [3.05, 3.63) is 54.0 Å². The fourth-order valence-corrected chi connectivity index (χ4v) is 3.81. The van der Waals surface area contributed by atoms with Crippen molar-refractivity contribution in [2.24, 2.45) is 10.2 Å². The van der Waals surface area contributed by atoms with Gasteiger partial charge in [0, 0.05) is 48.5 Å². The van der Waals surface area contributed by atoms with Gasteiger partial charge in [-0.2, -0.15) is 10.2 Å². The molecule has 0 radical (unpaired) electrons. The van der Waals surface area contributed by atoms with Crippen molar-refractivity contribution in [3.8, 4) is 0 Å². The predicted molar refractivity (Wildman–Crippen MR) is 109 cm³/mol. The molecule has 1 fully saturated rings. The summed E-state index contributed by atoms with van der Waals surface area (Å²) < 4.78 is 13.6. The van der Waals surface area contributed by atoms with E-state index < -0.39 is 0 Å². The van der Waals surface area contributed by atoms with Gasteiger partial charge in [-0.05, 0) is 43.4 Å². The minimum atomic E-state index is -0.357. The summed E-state index contributed by atoms with van der Waals surface area (Å²) in [4.78, 5) is 9.07. The van der Waals surface area contributed by atoms with Gasteiger partial charge in [0.05, 0.1) is 29.6 Å². The van der Waals surface area contributed by atoms with E-state index >= 15 is 0 Å². The van der Waals surface area contributed by atoms with Crippen LogP contribution in [0.5, 0.6) is 0 Å². The van der Waals surface area contributed by atoms with E-state index in [-0.39, 0.29) is 5.82 Å². The van der Waals surface area contributed by atoms with Gasteiger partial charge in [-0.1, -0.05) is 0 Å². The Bertz CT molecular complexity index is 1050. The summed E-state index contributed by atoms with van der Waals surface area (Å²) in [5, 5.41) is 12.5. The van der Waals surface area contributed by atoms with Gasteiger partial charge in [-0.3, -0.25) is 4.98 Å². The zero-order valence-corrected chi connectivity index (χ0v) is 15.7. The fraction of sp³-hybridized carbons (Fsp3) is 0.286. The molecule has 0 saturated carbocycles. The summed E-state index contributed by atoms with van der Waals surface area (Å²) >= 11 is 0. The molecule has 3 aromatic rings. The molecule has 0 aliphatic carbocycles. The first kappa shape index (κ1) is 17.1. The van der Waals surface area contributed by atoms with Crippen LogP contribution in [0.15, 0.2) is 52.8 Å². The number of halogens is 1. The normalized spacial score (nSPS) is 16.6. The Morgan fingerprint density at radius 2 is 1.82 bits per heavy atom. The molecule has 2 aliphatic heterocycles. The predicted octanol–water partition coefficient (Wildman–Crippen LogP) is 4.47. The number of hydrogen-bond donors (Lipinski definition) is 1. The molecule has 2 aromatic carbocycles. The van der Waals surface area contributed by atoms with Crippen LogP contribution < -0.4 is 10.2 Å². The van der Waals surface area contributed by atoms with Crippen LogP contribution in [-0.2, 0) is 6.54 Å². The smallest absolute Gasteiger partial charge is 0.142 e. The molecular weight excluding hydrogens is 355 g/mol. The number of piperazine rings is 1. The molecular formula is C21H21FN6. The number of rotatable bonds is 3. The van der Waals surface area contributed by atoms with E-state index in [1.807, 2.05) is 6.07 Å². The summed E-state index contributed by atoms with van der Waals surface area (Å²) in [6.07, 6.45) is 1.25. The summed E-state index contributed by atoms with van der Waals surface area (Å²) in [5.41, 5.74) is 5.55. The van der Waals surface area contributed by atoms with Crippen LogP contribution in [0.1, 0.15) is 5.56 Å². The van der Waals surface area contributed by atoms with Crippen molar-refractivity contribution in [3.63, 3.8) is 0 Å². The van der Waals surface area contributed by atoms with Crippen LogP contribution in [0.2, 0.25) is 0 Å². The van der Waals surface area contributed by atoms with E-state index in [1.165, 1.54) is 18.0 Å². The highest BCUT2D eigenvalue weighted by Gasteiger charge is 2.19. The third-order valence-corrected chi connectivity index (χ3v) is 5.44. The zero-order valence-electron chi connectivity index (χ0n) is 15.7. The maximum Gasteiger partial charge on any atom is 0.142 e. The molecule has 0 bridgehead atoms. The second kappa shape index (κ2) is 6.83. The lowest BCUT2D eigenvalue weighted by molar-refractivity contribution is 0.313. The van der Waals surface area contributed by atoms with Gasteiger partial charge in [0.1, 0.15) is 5.82 Å². The molecule has 0 unspecified atom stereocenters. The minimum absolute atomic E-state index is 0.357. The quantitative estimate of drug-likeness (QED) is 0.733. The molecule has 142 valence electrons. The van der Waals surface area contributed by atoms with Gasteiger partial charge in [-0.15, -0.1) is 0 Å². The highest BCUT2D eigenvalue weighted by molar-refractivity contribution is 5.97. The van der Waals surface area contributed by atoms with Crippen molar-refractivity contribution in [1.82, 2.24) is 9.88 Å². The van der Waals surface area contributed by atoms with Crippen LogP contribution in [0.25, 0.3) is 10.9 Å². The molecule has 0 atom stereocenters. The Hall–Kier alpha value is -3.06. The Morgan fingerprint density at radius 1 is 1.04 bits per heavy atom. The van der Waals surface area contributed by atoms with Crippen molar-refractivity contribution in [1.29, 1.82) is 0 Å². The highest BCUT2D eigenvalue weighted by atomic mass is 19.1. The number of aromatic nitrogens is 1. The van der Waals surface area contributed by atoms with Crippen molar-refractivity contribution in [2.45, 2.75) is 6.54 Å². The van der Waals surface area contributed by atoms with E-state index in [4.69, 9.17) is 0 Å². The molecule has 6 nitrogen and oxygen atoms in total. The molecule has 0 spiro atoms.